The molecule has 1 N–H and O–H groups in total. The number of benzene rings is 1. The molecular formula is C15H21NO5. The molecule has 0 aliphatic carbocycles. The van der Waals surface area contributed by atoms with E-state index in [-0.39, 0.29) is 31.3 Å². The van der Waals surface area contributed by atoms with Gasteiger partial charge in [0.25, 0.3) is 0 Å². The van der Waals surface area contributed by atoms with Crippen molar-refractivity contribution in [3.05, 3.63) is 23.8 Å². The zero-order chi connectivity index (χ0) is 15.7. The first-order valence-electron chi connectivity index (χ1n) is 6.74. The molecule has 116 valence electrons. The summed E-state index contributed by atoms with van der Waals surface area (Å²) >= 11 is 0. The second-order valence-electron chi connectivity index (χ2n) is 4.27. The van der Waals surface area contributed by atoms with E-state index in [1.54, 1.807) is 39.3 Å². The van der Waals surface area contributed by atoms with Crippen molar-refractivity contribution in [3.8, 4) is 11.5 Å². The zero-order valence-electron chi connectivity index (χ0n) is 12.6. The van der Waals surface area contributed by atoms with Crippen LogP contribution in [0.5, 0.6) is 11.5 Å². The largest absolute Gasteiger partial charge is 0.493 e. The van der Waals surface area contributed by atoms with Crippen molar-refractivity contribution in [2.24, 2.45) is 0 Å². The van der Waals surface area contributed by atoms with Crippen LogP contribution in [-0.4, -0.2) is 39.2 Å². The first kappa shape index (κ1) is 16.8. The van der Waals surface area contributed by atoms with Crippen LogP contribution in [-0.2, 0) is 20.7 Å². The lowest BCUT2D eigenvalue weighted by Gasteiger charge is -2.10. The number of hydrogen-bond acceptors (Lipinski definition) is 5. The molecule has 0 radical (unpaired) electrons. The number of rotatable bonds is 8. The first-order valence-corrected chi connectivity index (χ1v) is 6.74. The van der Waals surface area contributed by atoms with Crippen molar-refractivity contribution in [2.75, 3.05) is 27.4 Å². The zero-order valence-corrected chi connectivity index (χ0v) is 12.6. The lowest BCUT2D eigenvalue weighted by molar-refractivity contribution is -0.143. The topological polar surface area (TPSA) is 73.9 Å². The van der Waals surface area contributed by atoms with Crippen molar-refractivity contribution >= 4 is 11.9 Å². The monoisotopic (exact) mass is 295 g/mol. The van der Waals surface area contributed by atoms with Gasteiger partial charge in [-0.05, 0) is 24.6 Å². The van der Waals surface area contributed by atoms with Gasteiger partial charge in [-0.25, -0.2) is 0 Å². The van der Waals surface area contributed by atoms with Gasteiger partial charge in [0.2, 0.25) is 5.91 Å². The predicted octanol–water partition coefficient (Wildman–Crippen LogP) is 1.32. The van der Waals surface area contributed by atoms with Gasteiger partial charge in [-0.2, -0.15) is 0 Å². The van der Waals surface area contributed by atoms with Crippen molar-refractivity contribution in [1.29, 1.82) is 0 Å². The first-order chi connectivity index (χ1) is 10.1. The maximum atomic E-state index is 11.8. The Hall–Kier alpha value is -2.24. The quantitative estimate of drug-likeness (QED) is 0.732. The summed E-state index contributed by atoms with van der Waals surface area (Å²) in [6.45, 7) is 2.36. The highest BCUT2D eigenvalue weighted by Gasteiger charge is 2.09. The molecule has 1 rings (SSSR count). The predicted molar refractivity (Wildman–Crippen MR) is 77.5 cm³/mol. The molecule has 0 atom stereocenters. The van der Waals surface area contributed by atoms with Gasteiger partial charge in [0, 0.05) is 6.54 Å². The Morgan fingerprint density at radius 3 is 2.48 bits per heavy atom. The van der Waals surface area contributed by atoms with E-state index in [2.05, 4.69) is 5.32 Å². The molecule has 0 bridgehead atoms. The maximum absolute atomic E-state index is 11.8. The summed E-state index contributed by atoms with van der Waals surface area (Å²) in [5.41, 5.74) is 0.807. The highest BCUT2D eigenvalue weighted by Crippen LogP contribution is 2.27. The minimum atomic E-state index is -0.316. The van der Waals surface area contributed by atoms with Crippen LogP contribution in [0.3, 0.4) is 0 Å². The van der Waals surface area contributed by atoms with Crippen LogP contribution in [0.4, 0.5) is 0 Å². The third-order valence-electron chi connectivity index (χ3n) is 2.77. The van der Waals surface area contributed by atoms with Gasteiger partial charge in [-0.1, -0.05) is 6.07 Å². The summed E-state index contributed by atoms with van der Waals surface area (Å²) in [5, 5.41) is 2.67. The summed E-state index contributed by atoms with van der Waals surface area (Å²) in [5.74, 6) is 0.716. The summed E-state index contributed by atoms with van der Waals surface area (Å²) in [4.78, 5) is 22.9. The third kappa shape index (κ3) is 5.72. The minimum Gasteiger partial charge on any atom is -0.493 e. The Morgan fingerprint density at radius 1 is 1.14 bits per heavy atom. The van der Waals surface area contributed by atoms with Crippen LogP contribution in [0.15, 0.2) is 18.2 Å². The van der Waals surface area contributed by atoms with Gasteiger partial charge in [0.15, 0.2) is 11.5 Å². The Kier molecular flexibility index (Phi) is 7.08. The van der Waals surface area contributed by atoms with Crippen molar-refractivity contribution in [2.45, 2.75) is 19.8 Å². The smallest absolute Gasteiger partial charge is 0.307 e. The van der Waals surface area contributed by atoms with Gasteiger partial charge in [0.05, 0.1) is 33.7 Å². The molecule has 6 heteroatoms. The Balaban J connectivity index is 2.46. The molecular weight excluding hydrogens is 274 g/mol. The van der Waals surface area contributed by atoms with E-state index in [0.717, 1.165) is 5.56 Å². The third-order valence-corrected chi connectivity index (χ3v) is 2.77. The molecule has 1 amide bonds. The number of carbonyl (C=O) groups is 2. The molecule has 1 aromatic rings. The summed E-state index contributed by atoms with van der Waals surface area (Å²) in [7, 11) is 3.10. The van der Waals surface area contributed by atoms with Crippen LogP contribution >= 0.6 is 0 Å². The number of hydrogen-bond donors (Lipinski definition) is 1. The standard InChI is InChI=1S/C15H21NO5/c1-4-21-15(18)7-8-16-14(17)10-11-5-6-12(19-2)13(9-11)20-3/h5-6,9H,4,7-8,10H2,1-3H3,(H,16,17). The highest BCUT2D eigenvalue weighted by molar-refractivity contribution is 5.79. The average molecular weight is 295 g/mol. The average Bonchev–Trinajstić information content (AvgIpc) is 2.47. The molecule has 6 nitrogen and oxygen atoms in total. The van der Waals surface area contributed by atoms with Crippen LogP contribution in [0.1, 0.15) is 18.9 Å². The van der Waals surface area contributed by atoms with Crippen molar-refractivity contribution in [3.63, 3.8) is 0 Å². The van der Waals surface area contributed by atoms with Gasteiger partial charge in [-0.3, -0.25) is 9.59 Å². The summed E-state index contributed by atoms with van der Waals surface area (Å²) in [6.07, 6.45) is 0.384. The normalized spacial score (nSPS) is 9.86. The van der Waals surface area contributed by atoms with Gasteiger partial charge >= 0.3 is 5.97 Å². The minimum absolute atomic E-state index is 0.161. The Bertz CT molecular complexity index is 487. The molecule has 0 aliphatic rings. The Labute approximate surface area is 124 Å². The molecule has 0 saturated heterocycles. The van der Waals surface area contributed by atoms with Gasteiger partial charge in [0.1, 0.15) is 0 Å². The molecule has 21 heavy (non-hydrogen) atoms. The van der Waals surface area contributed by atoms with E-state index in [1.165, 1.54) is 0 Å². The number of ether oxygens (including phenoxy) is 3. The number of amides is 1. The van der Waals surface area contributed by atoms with Crippen molar-refractivity contribution < 1.29 is 23.8 Å². The fraction of sp³-hybridized carbons (Fsp3) is 0.467. The molecule has 0 aliphatic heterocycles. The molecule has 0 aromatic heterocycles. The van der Waals surface area contributed by atoms with Gasteiger partial charge < -0.3 is 19.5 Å². The van der Waals surface area contributed by atoms with Gasteiger partial charge in [-0.15, -0.1) is 0 Å². The maximum Gasteiger partial charge on any atom is 0.307 e. The second kappa shape index (κ2) is 8.84. The van der Waals surface area contributed by atoms with E-state index in [0.29, 0.717) is 18.1 Å². The van der Waals surface area contributed by atoms with Crippen LogP contribution < -0.4 is 14.8 Å². The molecule has 0 fully saturated rings. The summed E-state index contributed by atoms with van der Waals surface area (Å²) in [6, 6.07) is 5.30. The molecule has 0 heterocycles. The van der Waals surface area contributed by atoms with E-state index in [4.69, 9.17) is 14.2 Å². The second-order valence-corrected chi connectivity index (χ2v) is 4.27. The fourth-order valence-electron chi connectivity index (χ4n) is 1.78. The molecule has 0 spiro atoms. The van der Waals surface area contributed by atoms with E-state index in [1.807, 2.05) is 0 Å². The van der Waals surface area contributed by atoms with Crippen molar-refractivity contribution in [1.82, 2.24) is 5.32 Å². The van der Waals surface area contributed by atoms with Crippen LogP contribution in [0.25, 0.3) is 0 Å². The van der Waals surface area contributed by atoms with Crippen LogP contribution in [0, 0.1) is 0 Å². The molecule has 0 unspecified atom stereocenters. The lowest BCUT2D eigenvalue weighted by atomic mass is 10.1. The molecule has 0 saturated carbocycles. The lowest BCUT2D eigenvalue weighted by Crippen LogP contribution is -2.27. The number of esters is 1. The highest BCUT2D eigenvalue weighted by atomic mass is 16.5. The van der Waals surface area contributed by atoms with E-state index < -0.39 is 0 Å². The Morgan fingerprint density at radius 2 is 1.86 bits per heavy atom. The number of carbonyl (C=O) groups excluding carboxylic acids is 2. The summed E-state index contributed by atoms with van der Waals surface area (Å²) < 4.78 is 15.1. The SMILES string of the molecule is CCOC(=O)CCNC(=O)Cc1ccc(OC)c(OC)c1. The van der Waals surface area contributed by atoms with E-state index >= 15 is 0 Å². The van der Waals surface area contributed by atoms with Crippen LogP contribution in [0.2, 0.25) is 0 Å². The fourth-order valence-corrected chi connectivity index (χ4v) is 1.78. The number of nitrogens with one attached hydrogen (secondary N) is 1. The molecule has 1 aromatic carbocycles. The van der Waals surface area contributed by atoms with E-state index in [9.17, 15) is 9.59 Å². The number of methoxy groups -OCH3 is 2.